The Morgan fingerprint density at radius 1 is 1.38 bits per heavy atom. The summed E-state index contributed by atoms with van der Waals surface area (Å²) < 4.78 is 13.0. The molecule has 0 aromatic heterocycles. The third-order valence-electron chi connectivity index (χ3n) is 1.68. The van der Waals surface area contributed by atoms with E-state index in [1.165, 1.54) is 6.08 Å². The van der Waals surface area contributed by atoms with Crippen LogP contribution in [0.25, 0.3) is 0 Å². The fourth-order valence-corrected chi connectivity index (χ4v) is 0.946. The zero-order chi connectivity index (χ0) is 10.3. The minimum atomic E-state index is -0.277. The number of allylic oxidation sites excluding steroid dienone is 3. The summed E-state index contributed by atoms with van der Waals surface area (Å²) in [6.07, 6.45) is 3.41. The van der Waals surface area contributed by atoms with Crippen molar-refractivity contribution in [3.05, 3.63) is 36.7 Å². The molecule has 0 aromatic rings. The van der Waals surface area contributed by atoms with E-state index < -0.39 is 0 Å². The van der Waals surface area contributed by atoms with Gasteiger partial charge in [0, 0.05) is 6.04 Å². The lowest BCUT2D eigenvalue weighted by Gasteiger charge is -2.08. The first kappa shape index (κ1) is 12.1. The summed E-state index contributed by atoms with van der Waals surface area (Å²) in [5, 5.41) is 3.21. The first-order valence-corrected chi connectivity index (χ1v) is 4.48. The molecule has 1 N–H and O–H groups in total. The van der Waals surface area contributed by atoms with Gasteiger partial charge in [-0.2, -0.15) is 0 Å². The standard InChI is InChI=1S/C11H18FN/c1-5-10(11(12)6-2)7-8-13-9(3)4/h5-6,9,13H,1-2,7-8H2,3-4H3/b11-10-. The monoisotopic (exact) mass is 183 g/mol. The molecule has 0 saturated carbocycles. The fourth-order valence-electron chi connectivity index (χ4n) is 0.946. The minimum absolute atomic E-state index is 0.277. The van der Waals surface area contributed by atoms with Crippen LogP contribution in [0.1, 0.15) is 20.3 Å². The van der Waals surface area contributed by atoms with Crippen LogP contribution in [0.3, 0.4) is 0 Å². The number of rotatable bonds is 6. The average molecular weight is 183 g/mol. The predicted molar refractivity (Wildman–Crippen MR) is 56.3 cm³/mol. The first-order chi connectivity index (χ1) is 6.11. The second-order valence-corrected chi connectivity index (χ2v) is 3.14. The molecule has 2 heteroatoms. The first-order valence-electron chi connectivity index (χ1n) is 4.48. The van der Waals surface area contributed by atoms with Crippen molar-refractivity contribution >= 4 is 0 Å². The van der Waals surface area contributed by atoms with Crippen molar-refractivity contribution in [2.24, 2.45) is 0 Å². The van der Waals surface area contributed by atoms with Crippen LogP contribution >= 0.6 is 0 Å². The topological polar surface area (TPSA) is 12.0 Å². The normalized spacial score (nSPS) is 12.6. The highest BCUT2D eigenvalue weighted by Gasteiger charge is 1.99. The highest BCUT2D eigenvalue weighted by atomic mass is 19.1. The van der Waals surface area contributed by atoms with Gasteiger partial charge in [-0.25, -0.2) is 4.39 Å². The molecule has 0 atom stereocenters. The number of hydrogen-bond donors (Lipinski definition) is 1. The zero-order valence-electron chi connectivity index (χ0n) is 8.44. The molecule has 0 bridgehead atoms. The molecule has 0 fully saturated rings. The van der Waals surface area contributed by atoms with Crippen LogP contribution < -0.4 is 5.32 Å². The van der Waals surface area contributed by atoms with Crippen molar-refractivity contribution in [3.63, 3.8) is 0 Å². The molecule has 0 rings (SSSR count). The van der Waals surface area contributed by atoms with Crippen LogP contribution in [-0.4, -0.2) is 12.6 Å². The van der Waals surface area contributed by atoms with Crippen LogP contribution in [0.5, 0.6) is 0 Å². The fraction of sp³-hybridized carbons (Fsp3) is 0.455. The van der Waals surface area contributed by atoms with Gasteiger partial charge in [0.15, 0.2) is 0 Å². The smallest absolute Gasteiger partial charge is 0.125 e. The molecule has 1 nitrogen and oxygen atoms in total. The lowest BCUT2D eigenvalue weighted by atomic mass is 10.1. The second-order valence-electron chi connectivity index (χ2n) is 3.14. The van der Waals surface area contributed by atoms with Gasteiger partial charge in [-0.1, -0.05) is 33.1 Å². The maximum absolute atomic E-state index is 13.0. The summed E-state index contributed by atoms with van der Waals surface area (Å²) in [7, 11) is 0. The Bertz CT molecular complexity index is 204. The lowest BCUT2D eigenvalue weighted by molar-refractivity contribution is 0.581. The quantitative estimate of drug-likeness (QED) is 0.624. The molecule has 74 valence electrons. The van der Waals surface area contributed by atoms with E-state index in [1.54, 1.807) is 6.08 Å². The Morgan fingerprint density at radius 3 is 2.38 bits per heavy atom. The van der Waals surface area contributed by atoms with Crippen molar-refractivity contribution in [1.29, 1.82) is 0 Å². The zero-order valence-corrected chi connectivity index (χ0v) is 8.44. The van der Waals surface area contributed by atoms with E-state index in [-0.39, 0.29) is 5.83 Å². The van der Waals surface area contributed by atoms with Crippen LogP contribution in [0.4, 0.5) is 4.39 Å². The van der Waals surface area contributed by atoms with E-state index in [9.17, 15) is 4.39 Å². The molecular weight excluding hydrogens is 165 g/mol. The molecule has 0 aromatic carbocycles. The van der Waals surface area contributed by atoms with Crippen LogP contribution in [0.2, 0.25) is 0 Å². The Morgan fingerprint density at radius 2 is 2.00 bits per heavy atom. The van der Waals surface area contributed by atoms with Gasteiger partial charge in [0.2, 0.25) is 0 Å². The summed E-state index contributed by atoms with van der Waals surface area (Å²) in [6.45, 7) is 11.8. The van der Waals surface area contributed by atoms with Crippen LogP contribution in [-0.2, 0) is 0 Å². The molecule has 13 heavy (non-hydrogen) atoms. The highest BCUT2D eigenvalue weighted by Crippen LogP contribution is 2.11. The van der Waals surface area contributed by atoms with Gasteiger partial charge < -0.3 is 5.32 Å². The summed E-state index contributed by atoms with van der Waals surface area (Å²) in [4.78, 5) is 0. The summed E-state index contributed by atoms with van der Waals surface area (Å²) in [5.74, 6) is -0.277. The molecule has 0 saturated heterocycles. The third-order valence-corrected chi connectivity index (χ3v) is 1.68. The SMILES string of the molecule is C=C/C(F)=C(\C=C)CCNC(C)C. The molecule has 0 aliphatic heterocycles. The van der Waals surface area contributed by atoms with Crippen molar-refractivity contribution in [3.8, 4) is 0 Å². The van der Waals surface area contributed by atoms with E-state index in [1.807, 2.05) is 0 Å². The van der Waals surface area contributed by atoms with Gasteiger partial charge in [-0.05, 0) is 24.6 Å². The number of hydrogen-bond acceptors (Lipinski definition) is 1. The van der Waals surface area contributed by atoms with E-state index in [4.69, 9.17) is 0 Å². The molecule has 0 radical (unpaired) electrons. The van der Waals surface area contributed by atoms with Crippen LogP contribution in [0, 0.1) is 0 Å². The molecule has 0 amide bonds. The third kappa shape index (κ3) is 5.36. The molecule has 0 heterocycles. The molecule has 0 aliphatic rings. The molecule has 0 unspecified atom stereocenters. The maximum Gasteiger partial charge on any atom is 0.125 e. The largest absolute Gasteiger partial charge is 0.314 e. The number of nitrogens with one attached hydrogen (secondary N) is 1. The Kier molecular flexibility index (Phi) is 6.15. The van der Waals surface area contributed by atoms with Crippen molar-refractivity contribution < 1.29 is 4.39 Å². The highest BCUT2D eigenvalue weighted by molar-refractivity contribution is 5.26. The molecule has 0 spiro atoms. The van der Waals surface area contributed by atoms with Gasteiger partial charge in [-0.3, -0.25) is 0 Å². The van der Waals surface area contributed by atoms with Gasteiger partial charge in [-0.15, -0.1) is 0 Å². The minimum Gasteiger partial charge on any atom is -0.314 e. The Balaban J connectivity index is 4.00. The summed E-state index contributed by atoms with van der Waals surface area (Å²) >= 11 is 0. The summed E-state index contributed by atoms with van der Waals surface area (Å²) in [6, 6.07) is 0.429. The van der Waals surface area contributed by atoms with E-state index in [0.717, 1.165) is 6.54 Å². The lowest BCUT2D eigenvalue weighted by Crippen LogP contribution is -2.23. The average Bonchev–Trinajstić information content (AvgIpc) is 2.11. The van der Waals surface area contributed by atoms with Crippen LogP contribution in [0.15, 0.2) is 36.7 Å². The molecule has 0 aliphatic carbocycles. The molecular formula is C11H18FN. The van der Waals surface area contributed by atoms with Gasteiger partial charge >= 0.3 is 0 Å². The predicted octanol–water partition coefficient (Wildman–Crippen LogP) is 2.97. The van der Waals surface area contributed by atoms with E-state index in [2.05, 4.69) is 32.3 Å². The van der Waals surface area contributed by atoms with Gasteiger partial charge in [0.1, 0.15) is 5.83 Å². The van der Waals surface area contributed by atoms with E-state index in [0.29, 0.717) is 18.0 Å². The Hall–Kier alpha value is -0.890. The van der Waals surface area contributed by atoms with Crippen molar-refractivity contribution in [2.45, 2.75) is 26.3 Å². The van der Waals surface area contributed by atoms with Gasteiger partial charge in [0.25, 0.3) is 0 Å². The second kappa shape index (κ2) is 6.61. The van der Waals surface area contributed by atoms with Crippen molar-refractivity contribution in [1.82, 2.24) is 5.32 Å². The van der Waals surface area contributed by atoms with E-state index >= 15 is 0 Å². The van der Waals surface area contributed by atoms with Crippen molar-refractivity contribution in [2.75, 3.05) is 6.54 Å². The number of halogens is 1. The maximum atomic E-state index is 13.0. The van der Waals surface area contributed by atoms with Gasteiger partial charge in [0.05, 0.1) is 0 Å². The Labute approximate surface area is 80.0 Å². The summed E-state index contributed by atoms with van der Waals surface area (Å²) in [5.41, 5.74) is 0.614.